The normalized spacial score (nSPS) is 22.4. The number of hydrogen-bond acceptors (Lipinski definition) is 3. The Hall–Kier alpha value is -1.59. The van der Waals surface area contributed by atoms with Crippen molar-refractivity contribution in [3.63, 3.8) is 0 Å². The molecule has 1 saturated carbocycles. The van der Waals surface area contributed by atoms with Crippen LogP contribution in [0.25, 0.3) is 0 Å². The fraction of sp³-hybridized carbons (Fsp3) is 0.769. The third-order valence-electron chi connectivity index (χ3n) is 3.31. The van der Waals surface area contributed by atoms with Gasteiger partial charge in [0.2, 0.25) is 11.8 Å². The van der Waals surface area contributed by atoms with Crippen LogP contribution in [0.3, 0.4) is 0 Å². The molecule has 0 aromatic carbocycles. The first-order chi connectivity index (χ1) is 8.95. The van der Waals surface area contributed by atoms with E-state index in [9.17, 15) is 14.4 Å². The minimum Gasteiger partial charge on any atom is -0.480 e. The lowest BCUT2D eigenvalue weighted by Gasteiger charge is -2.13. The predicted molar refractivity (Wildman–Crippen MR) is 69.4 cm³/mol. The zero-order chi connectivity index (χ0) is 14.4. The van der Waals surface area contributed by atoms with Gasteiger partial charge in [-0.1, -0.05) is 20.3 Å². The number of carbonyl (C=O) groups is 3. The van der Waals surface area contributed by atoms with Crippen LogP contribution in [-0.4, -0.2) is 35.5 Å². The predicted octanol–water partition coefficient (Wildman–Crippen LogP) is 0.518. The van der Waals surface area contributed by atoms with E-state index in [2.05, 4.69) is 10.6 Å². The Morgan fingerprint density at radius 1 is 1.37 bits per heavy atom. The summed E-state index contributed by atoms with van der Waals surface area (Å²) in [6, 6.07) is -0.836. The van der Waals surface area contributed by atoms with Crippen LogP contribution in [0.5, 0.6) is 0 Å². The van der Waals surface area contributed by atoms with E-state index in [4.69, 9.17) is 5.11 Å². The summed E-state index contributed by atoms with van der Waals surface area (Å²) in [7, 11) is 0. The molecule has 0 heterocycles. The standard InChI is InChI=1S/C13H22N2O4/c1-3-4-10(13(18)19)15-11(16)5-6-14-12(17)9-7-8(9)2/h8-10H,3-7H2,1-2H3,(H,14,17)(H,15,16)(H,18,19)/t8?,9?,10-/m1/s1. The molecule has 1 aliphatic carbocycles. The van der Waals surface area contributed by atoms with Crippen LogP contribution < -0.4 is 10.6 Å². The minimum absolute atomic E-state index is 0.0105. The molecule has 3 atom stereocenters. The third kappa shape index (κ3) is 5.28. The fourth-order valence-electron chi connectivity index (χ4n) is 1.93. The molecule has 1 rings (SSSR count). The summed E-state index contributed by atoms with van der Waals surface area (Å²) in [6.07, 6.45) is 2.12. The molecule has 0 aromatic heterocycles. The highest BCUT2D eigenvalue weighted by molar-refractivity contribution is 5.85. The molecule has 3 N–H and O–H groups in total. The van der Waals surface area contributed by atoms with E-state index in [-0.39, 0.29) is 30.7 Å². The average molecular weight is 270 g/mol. The van der Waals surface area contributed by atoms with Crippen LogP contribution in [0.1, 0.15) is 39.5 Å². The molecule has 0 aromatic rings. The van der Waals surface area contributed by atoms with Gasteiger partial charge in [-0.15, -0.1) is 0 Å². The molecule has 1 fully saturated rings. The van der Waals surface area contributed by atoms with Crippen LogP contribution in [0.15, 0.2) is 0 Å². The number of aliphatic carboxylic acids is 1. The van der Waals surface area contributed by atoms with Gasteiger partial charge < -0.3 is 15.7 Å². The number of rotatable bonds is 8. The Morgan fingerprint density at radius 3 is 2.47 bits per heavy atom. The van der Waals surface area contributed by atoms with Gasteiger partial charge in [0.25, 0.3) is 0 Å². The van der Waals surface area contributed by atoms with Gasteiger partial charge in [0.15, 0.2) is 0 Å². The van der Waals surface area contributed by atoms with Crippen molar-refractivity contribution in [1.29, 1.82) is 0 Å². The van der Waals surface area contributed by atoms with Crippen molar-refractivity contribution in [2.24, 2.45) is 11.8 Å². The smallest absolute Gasteiger partial charge is 0.326 e. The molecule has 0 radical (unpaired) electrons. The van der Waals surface area contributed by atoms with Crippen molar-refractivity contribution >= 4 is 17.8 Å². The van der Waals surface area contributed by atoms with Crippen LogP contribution in [-0.2, 0) is 14.4 Å². The van der Waals surface area contributed by atoms with Crippen molar-refractivity contribution < 1.29 is 19.5 Å². The lowest BCUT2D eigenvalue weighted by atomic mass is 10.1. The van der Waals surface area contributed by atoms with Gasteiger partial charge in [-0.25, -0.2) is 4.79 Å². The Labute approximate surface area is 112 Å². The Bertz CT molecular complexity index is 357. The van der Waals surface area contributed by atoms with E-state index in [1.54, 1.807) is 0 Å². The second-order valence-corrected chi connectivity index (χ2v) is 5.11. The van der Waals surface area contributed by atoms with Crippen LogP contribution in [0.2, 0.25) is 0 Å². The molecule has 0 spiro atoms. The van der Waals surface area contributed by atoms with Crippen molar-refractivity contribution in [1.82, 2.24) is 10.6 Å². The van der Waals surface area contributed by atoms with Crippen molar-refractivity contribution in [3.05, 3.63) is 0 Å². The van der Waals surface area contributed by atoms with E-state index in [0.29, 0.717) is 18.8 Å². The summed E-state index contributed by atoms with van der Waals surface area (Å²) in [6.45, 7) is 4.13. The lowest BCUT2D eigenvalue weighted by Crippen LogP contribution is -2.42. The molecule has 0 aliphatic heterocycles. The molecule has 6 heteroatoms. The summed E-state index contributed by atoms with van der Waals surface area (Å²) in [5, 5.41) is 14.0. The summed E-state index contributed by atoms with van der Waals surface area (Å²) in [4.78, 5) is 33.9. The zero-order valence-electron chi connectivity index (χ0n) is 11.4. The number of carbonyl (C=O) groups excluding carboxylic acids is 2. The first-order valence-electron chi connectivity index (χ1n) is 6.75. The molecule has 2 amide bonds. The number of hydrogen-bond donors (Lipinski definition) is 3. The van der Waals surface area contributed by atoms with E-state index in [1.165, 1.54) is 0 Å². The van der Waals surface area contributed by atoms with Gasteiger partial charge >= 0.3 is 5.97 Å². The fourth-order valence-corrected chi connectivity index (χ4v) is 1.93. The van der Waals surface area contributed by atoms with Crippen LogP contribution >= 0.6 is 0 Å². The van der Waals surface area contributed by atoms with E-state index < -0.39 is 12.0 Å². The highest BCUT2D eigenvalue weighted by atomic mass is 16.4. The Kier molecular flexibility index (Phi) is 5.79. The first-order valence-corrected chi connectivity index (χ1v) is 6.75. The SMILES string of the molecule is CCC[C@@H](NC(=O)CCNC(=O)C1CC1C)C(=O)O. The van der Waals surface area contributed by atoms with E-state index in [0.717, 1.165) is 6.42 Å². The monoisotopic (exact) mass is 270 g/mol. The second kappa shape index (κ2) is 7.11. The van der Waals surface area contributed by atoms with E-state index in [1.807, 2.05) is 13.8 Å². The number of carboxylic acids is 1. The quantitative estimate of drug-likeness (QED) is 0.599. The molecular weight excluding hydrogens is 248 g/mol. The summed E-state index contributed by atoms with van der Waals surface area (Å²) in [5.74, 6) is -0.843. The summed E-state index contributed by atoms with van der Waals surface area (Å²) < 4.78 is 0. The van der Waals surface area contributed by atoms with Crippen LogP contribution in [0.4, 0.5) is 0 Å². The maximum Gasteiger partial charge on any atom is 0.326 e. The lowest BCUT2D eigenvalue weighted by molar-refractivity contribution is -0.142. The maximum atomic E-state index is 11.5. The van der Waals surface area contributed by atoms with Gasteiger partial charge in [-0.2, -0.15) is 0 Å². The number of amides is 2. The maximum absolute atomic E-state index is 11.5. The molecule has 19 heavy (non-hydrogen) atoms. The van der Waals surface area contributed by atoms with E-state index >= 15 is 0 Å². The highest BCUT2D eigenvalue weighted by Crippen LogP contribution is 2.37. The Balaban J connectivity index is 2.19. The average Bonchev–Trinajstić information content (AvgIpc) is 3.05. The summed E-state index contributed by atoms with van der Waals surface area (Å²) in [5.41, 5.74) is 0. The van der Waals surface area contributed by atoms with Gasteiger partial charge in [-0.3, -0.25) is 9.59 Å². The molecule has 0 bridgehead atoms. The van der Waals surface area contributed by atoms with Gasteiger partial charge in [0, 0.05) is 18.9 Å². The molecule has 1 aliphatic rings. The zero-order valence-corrected chi connectivity index (χ0v) is 11.4. The topological polar surface area (TPSA) is 95.5 Å². The number of carboxylic acid groups (broad SMARTS) is 1. The molecule has 2 unspecified atom stereocenters. The van der Waals surface area contributed by atoms with Crippen molar-refractivity contribution in [3.8, 4) is 0 Å². The van der Waals surface area contributed by atoms with Gasteiger partial charge in [0.1, 0.15) is 6.04 Å². The molecule has 0 saturated heterocycles. The van der Waals surface area contributed by atoms with Gasteiger partial charge in [-0.05, 0) is 18.8 Å². The second-order valence-electron chi connectivity index (χ2n) is 5.11. The summed E-state index contributed by atoms with van der Waals surface area (Å²) >= 11 is 0. The minimum atomic E-state index is -1.02. The van der Waals surface area contributed by atoms with Crippen molar-refractivity contribution in [2.45, 2.75) is 45.6 Å². The largest absolute Gasteiger partial charge is 0.480 e. The van der Waals surface area contributed by atoms with Crippen molar-refractivity contribution in [2.75, 3.05) is 6.54 Å². The molecular formula is C13H22N2O4. The number of nitrogens with one attached hydrogen (secondary N) is 2. The highest BCUT2D eigenvalue weighted by Gasteiger charge is 2.38. The molecule has 108 valence electrons. The molecule has 6 nitrogen and oxygen atoms in total. The Morgan fingerprint density at radius 2 is 2.00 bits per heavy atom. The van der Waals surface area contributed by atoms with Gasteiger partial charge in [0.05, 0.1) is 0 Å². The third-order valence-corrected chi connectivity index (χ3v) is 3.31. The van der Waals surface area contributed by atoms with Crippen LogP contribution in [0, 0.1) is 11.8 Å². The first kappa shape index (κ1) is 15.5.